The molecule has 0 radical (unpaired) electrons. The molecule has 2 heterocycles. The Bertz CT molecular complexity index is 1000. The van der Waals surface area contributed by atoms with E-state index in [2.05, 4.69) is 32.5 Å². The standard InChI is InChI=1S/C25H34N6O2/c1-18(25(33)26-23-17-22(27-28-23)19-9-10-19)20-6-4-7-21(16-20)30-12-14-31(15-13-30)24(32)8-5-11-29(2)3/h4-8,16-19H,9-15H2,1-3H3,(H2,26,27,28,33). The quantitative estimate of drug-likeness (QED) is 0.604. The molecule has 0 bridgehead atoms. The summed E-state index contributed by atoms with van der Waals surface area (Å²) in [6.07, 6.45) is 5.95. The first kappa shape index (κ1) is 23.0. The van der Waals surface area contributed by atoms with Crippen molar-refractivity contribution in [3.8, 4) is 0 Å². The van der Waals surface area contributed by atoms with E-state index in [9.17, 15) is 9.59 Å². The molecular formula is C25H34N6O2. The monoisotopic (exact) mass is 450 g/mol. The average molecular weight is 451 g/mol. The minimum atomic E-state index is -0.296. The molecule has 2 N–H and O–H groups in total. The third-order valence-electron chi connectivity index (χ3n) is 6.32. The number of rotatable bonds is 8. The van der Waals surface area contributed by atoms with E-state index in [-0.39, 0.29) is 17.7 Å². The second-order valence-electron chi connectivity index (χ2n) is 9.27. The summed E-state index contributed by atoms with van der Waals surface area (Å²) in [6, 6.07) is 10.1. The van der Waals surface area contributed by atoms with Crippen molar-refractivity contribution in [2.45, 2.75) is 31.6 Å². The molecule has 2 fully saturated rings. The Hall–Kier alpha value is -3.13. The molecule has 1 aromatic heterocycles. The number of hydrogen-bond acceptors (Lipinski definition) is 5. The number of likely N-dealkylation sites (N-methyl/N-ethyl adjacent to an activating group) is 1. The summed E-state index contributed by atoms with van der Waals surface area (Å²) in [5.41, 5.74) is 3.15. The van der Waals surface area contributed by atoms with Gasteiger partial charge in [-0.05, 0) is 51.6 Å². The number of nitrogens with zero attached hydrogens (tertiary/aromatic N) is 4. The summed E-state index contributed by atoms with van der Waals surface area (Å²) in [7, 11) is 3.96. The van der Waals surface area contributed by atoms with E-state index in [1.54, 1.807) is 6.08 Å². The molecule has 1 atom stereocenters. The van der Waals surface area contributed by atoms with Gasteiger partial charge in [-0.2, -0.15) is 5.10 Å². The molecule has 4 rings (SSSR count). The van der Waals surface area contributed by atoms with Gasteiger partial charge in [0.2, 0.25) is 11.8 Å². The highest BCUT2D eigenvalue weighted by atomic mass is 16.2. The molecule has 1 saturated heterocycles. The Morgan fingerprint density at radius 3 is 2.67 bits per heavy atom. The Labute approximate surface area is 195 Å². The van der Waals surface area contributed by atoms with Crippen LogP contribution in [0.25, 0.3) is 0 Å². The normalized spacial score (nSPS) is 17.6. The van der Waals surface area contributed by atoms with Gasteiger partial charge in [0.05, 0.1) is 5.92 Å². The van der Waals surface area contributed by atoms with Crippen molar-refractivity contribution < 1.29 is 9.59 Å². The molecule has 176 valence electrons. The molecule has 1 aliphatic carbocycles. The highest BCUT2D eigenvalue weighted by Gasteiger charge is 2.26. The molecular weight excluding hydrogens is 416 g/mol. The van der Waals surface area contributed by atoms with Crippen molar-refractivity contribution in [1.82, 2.24) is 20.0 Å². The van der Waals surface area contributed by atoms with Crippen molar-refractivity contribution in [2.24, 2.45) is 0 Å². The van der Waals surface area contributed by atoms with Crippen LogP contribution in [0.3, 0.4) is 0 Å². The number of carbonyl (C=O) groups excluding carboxylic acids is 2. The average Bonchev–Trinajstić information content (AvgIpc) is 3.57. The number of nitrogens with one attached hydrogen (secondary N) is 2. The largest absolute Gasteiger partial charge is 0.368 e. The van der Waals surface area contributed by atoms with Crippen molar-refractivity contribution in [3.05, 3.63) is 53.7 Å². The van der Waals surface area contributed by atoms with Crippen molar-refractivity contribution >= 4 is 23.3 Å². The predicted octanol–water partition coefficient (Wildman–Crippen LogP) is 2.80. The van der Waals surface area contributed by atoms with Crippen LogP contribution in [0.2, 0.25) is 0 Å². The lowest BCUT2D eigenvalue weighted by molar-refractivity contribution is -0.126. The van der Waals surface area contributed by atoms with Gasteiger partial charge >= 0.3 is 0 Å². The van der Waals surface area contributed by atoms with Crippen LogP contribution in [-0.4, -0.2) is 78.6 Å². The molecule has 1 unspecified atom stereocenters. The van der Waals surface area contributed by atoms with Crippen molar-refractivity contribution in [1.29, 1.82) is 0 Å². The highest BCUT2D eigenvalue weighted by Crippen LogP contribution is 2.39. The minimum Gasteiger partial charge on any atom is -0.368 e. The lowest BCUT2D eigenvalue weighted by Gasteiger charge is -2.36. The second-order valence-corrected chi connectivity index (χ2v) is 9.27. The topological polar surface area (TPSA) is 84.6 Å². The number of piperazine rings is 1. The predicted molar refractivity (Wildman–Crippen MR) is 131 cm³/mol. The lowest BCUT2D eigenvalue weighted by Crippen LogP contribution is -2.48. The first-order chi connectivity index (χ1) is 15.9. The Balaban J connectivity index is 1.32. The number of carbonyl (C=O) groups is 2. The van der Waals surface area contributed by atoms with E-state index in [4.69, 9.17) is 0 Å². The maximum Gasteiger partial charge on any atom is 0.246 e. The zero-order valence-electron chi connectivity index (χ0n) is 19.8. The van der Waals surface area contributed by atoms with Gasteiger partial charge in [0.1, 0.15) is 0 Å². The summed E-state index contributed by atoms with van der Waals surface area (Å²) in [5, 5.41) is 10.2. The first-order valence-corrected chi connectivity index (χ1v) is 11.7. The fourth-order valence-corrected chi connectivity index (χ4v) is 4.04. The number of amides is 2. The van der Waals surface area contributed by atoms with Gasteiger partial charge < -0.3 is 20.0 Å². The third kappa shape index (κ3) is 6.01. The van der Waals surface area contributed by atoms with Gasteiger partial charge in [0.15, 0.2) is 5.82 Å². The number of H-pyrrole nitrogens is 1. The Morgan fingerprint density at radius 2 is 1.97 bits per heavy atom. The summed E-state index contributed by atoms with van der Waals surface area (Å²) < 4.78 is 0. The second kappa shape index (κ2) is 10.2. The highest BCUT2D eigenvalue weighted by molar-refractivity contribution is 5.95. The molecule has 1 aliphatic heterocycles. The van der Waals surface area contributed by atoms with Crippen LogP contribution >= 0.6 is 0 Å². The van der Waals surface area contributed by atoms with Crippen LogP contribution in [-0.2, 0) is 9.59 Å². The lowest BCUT2D eigenvalue weighted by atomic mass is 9.99. The van der Waals surface area contributed by atoms with E-state index in [1.165, 1.54) is 12.8 Å². The number of hydrogen-bond donors (Lipinski definition) is 2. The summed E-state index contributed by atoms with van der Waals surface area (Å²) in [4.78, 5) is 31.4. The van der Waals surface area contributed by atoms with Gasteiger partial charge in [-0.1, -0.05) is 18.2 Å². The number of anilines is 2. The number of benzene rings is 1. The summed E-state index contributed by atoms with van der Waals surface area (Å²) in [6.45, 7) is 5.59. The molecule has 1 aromatic carbocycles. The zero-order valence-corrected chi connectivity index (χ0v) is 19.8. The van der Waals surface area contributed by atoms with Crippen molar-refractivity contribution in [3.63, 3.8) is 0 Å². The van der Waals surface area contributed by atoms with Gasteiger partial charge in [-0.3, -0.25) is 14.7 Å². The third-order valence-corrected chi connectivity index (χ3v) is 6.32. The number of aromatic amines is 1. The van der Waals surface area contributed by atoms with E-state index < -0.39 is 0 Å². The molecule has 2 amide bonds. The summed E-state index contributed by atoms with van der Waals surface area (Å²) >= 11 is 0. The van der Waals surface area contributed by atoms with Gasteiger partial charge in [-0.15, -0.1) is 0 Å². The Kier molecular flexibility index (Phi) is 7.13. The smallest absolute Gasteiger partial charge is 0.246 e. The molecule has 2 aliphatic rings. The minimum absolute atomic E-state index is 0.0683. The van der Waals surface area contributed by atoms with Crippen LogP contribution in [0, 0.1) is 0 Å². The van der Waals surface area contributed by atoms with Crippen LogP contribution in [0.15, 0.2) is 42.5 Å². The first-order valence-electron chi connectivity index (χ1n) is 11.7. The Morgan fingerprint density at radius 1 is 1.21 bits per heavy atom. The van der Waals surface area contributed by atoms with E-state index in [0.29, 0.717) is 24.8 Å². The maximum absolute atomic E-state index is 12.8. The molecule has 8 heteroatoms. The van der Waals surface area contributed by atoms with Crippen LogP contribution in [0.1, 0.15) is 42.9 Å². The van der Waals surface area contributed by atoms with Crippen LogP contribution < -0.4 is 10.2 Å². The molecule has 2 aromatic rings. The van der Waals surface area contributed by atoms with E-state index in [1.807, 2.05) is 55.1 Å². The SMILES string of the molecule is CC(C(=O)Nc1cc(C2CC2)[nH]n1)c1cccc(N2CCN(C(=O)C=CCN(C)C)CC2)c1. The molecule has 0 spiro atoms. The fraction of sp³-hybridized carbons (Fsp3) is 0.480. The summed E-state index contributed by atoms with van der Waals surface area (Å²) in [5.74, 6) is 0.864. The molecule has 8 nitrogen and oxygen atoms in total. The van der Waals surface area contributed by atoms with Gasteiger partial charge in [0.25, 0.3) is 0 Å². The van der Waals surface area contributed by atoms with Crippen molar-refractivity contribution in [2.75, 3.05) is 57.0 Å². The molecule has 33 heavy (non-hydrogen) atoms. The maximum atomic E-state index is 12.8. The van der Waals surface area contributed by atoms with Crippen LogP contribution in [0.4, 0.5) is 11.5 Å². The van der Waals surface area contributed by atoms with Gasteiger partial charge in [-0.25, -0.2) is 0 Å². The van der Waals surface area contributed by atoms with Crippen LogP contribution in [0.5, 0.6) is 0 Å². The number of aromatic nitrogens is 2. The fourth-order valence-electron chi connectivity index (χ4n) is 4.04. The van der Waals surface area contributed by atoms with E-state index in [0.717, 1.165) is 36.6 Å². The molecule has 1 saturated carbocycles. The van der Waals surface area contributed by atoms with Gasteiger partial charge in [0, 0.05) is 62.2 Å². The van der Waals surface area contributed by atoms with E-state index >= 15 is 0 Å². The zero-order chi connectivity index (χ0) is 23.4.